The Hall–Kier alpha value is -1.13. The Labute approximate surface area is 197 Å². The summed E-state index contributed by atoms with van der Waals surface area (Å²) in [5.74, 6) is -2.15. The highest BCUT2D eigenvalue weighted by molar-refractivity contribution is 5.70. The van der Waals surface area contributed by atoms with Crippen LogP contribution < -0.4 is 5.11 Å². The van der Waals surface area contributed by atoms with Gasteiger partial charge < -0.3 is 85.0 Å². The van der Waals surface area contributed by atoms with E-state index in [0.717, 1.165) is 0 Å². The average Bonchev–Trinajstić information content (AvgIpc) is 2.84. The Bertz CT molecular complexity index is 663. The summed E-state index contributed by atoms with van der Waals surface area (Å²) < 4.78 is 20.9. The molecule has 0 radical (unpaired) electrons. The van der Waals surface area contributed by atoms with Crippen molar-refractivity contribution in [2.75, 3.05) is 19.8 Å². The maximum atomic E-state index is 10.8. The van der Waals surface area contributed by atoms with Crippen molar-refractivity contribution >= 4 is 5.97 Å². The van der Waals surface area contributed by atoms with Gasteiger partial charge in [-0.2, -0.15) is 0 Å². The number of carbonyl (C=O) groups excluding carboxylic acids is 1. The number of carboxylic acid groups (broad SMARTS) is 1. The summed E-state index contributed by atoms with van der Waals surface area (Å²) in [6, 6.07) is 0. The Kier molecular flexibility index (Phi) is 11.1. The summed E-state index contributed by atoms with van der Waals surface area (Å²) in [4.78, 5) is 10.8. The summed E-state index contributed by atoms with van der Waals surface area (Å²) in [5, 5.41) is 119. The molecular formula is C18H31O17-. The lowest BCUT2D eigenvalue weighted by molar-refractivity contribution is -0.368. The number of ether oxygens (including phenoxy) is 4. The molecule has 0 aromatic carbocycles. The highest BCUT2D eigenvalue weighted by Gasteiger charge is 2.51. The molecule has 0 bridgehead atoms. The molecule has 0 saturated carbocycles. The van der Waals surface area contributed by atoms with E-state index >= 15 is 0 Å². The van der Waals surface area contributed by atoms with E-state index in [1.165, 1.54) is 0 Å². The molecule has 0 aromatic rings. The fourth-order valence-electron chi connectivity index (χ4n) is 3.64. The van der Waals surface area contributed by atoms with Crippen molar-refractivity contribution in [1.29, 1.82) is 0 Å². The molecule has 35 heavy (non-hydrogen) atoms. The van der Waals surface area contributed by atoms with Gasteiger partial charge in [-0.1, -0.05) is 0 Å². The van der Waals surface area contributed by atoms with Crippen LogP contribution in [0.25, 0.3) is 0 Å². The van der Waals surface area contributed by atoms with E-state index in [2.05, 4.69) is 0 Å². The van der Waals surface area contributed by atoms with Crippen molar-refractivity contribution in [2.24, 2.45) is 0 Å². The van der Waals surface area contributed by atoms with Gasteiger partial charge in [0, 0.05) is 0 Å². The van der Waals surface area contributed by atoms with Gasteiger partial charge in [-0.05, 0) is 0 Å². The largest absolute Gasteiger partial charge is 0.547 e. The molecule has 14 atom stereocenters. The first kappa shape index (κ1) is 30.1. The molecule has 2 aliphatic heterocycles. The number of hydrogen-bond acceptors (Lipinski definition) is 17. The zero-order valence-corrected chi connectivity index (χ0v) is 18.1. The van der Waals surface area contributed by atoms with Crippen molar-refractivity contribution < 1.29 is 85.0 Å². The molecule has 0 unspecified atom stereocenters. The van der Waals surface area contributed by atoms with Gasteiger partial charge in [0.15, 0.2) is 12.6 Å². The number of hydrogen-bond donors (Lipinski definition) is 11. The molecule has 0 amide bonds. The zero-order valence-electron chi connectivity index (χ0n) is 18.1. The topological polar surface area (TPSA) is 300 Å². The lowest BCUT2D eigenvalue weighted by atomic mass is 9.96. The molecule has 2 heterocycles. The second kappa shape index (κ2) is 12.9. The van der Waals surface area contributed by atoms with Crippen LogP contribution in [0.3, 0.4) is 0 Å². The van der Waals surface area contributed by atoms with Gasteiger partial charge in [0.1, 0.15) is 73.2 Å². The van der Waals surface area contributed by atoms with Gasteiger partial charge >= 0.3 is 0 Å². The SMILES string of the molecule is O=C([O-])[C@H](O)[C@@H](O)[C@H](O[C@H]1O[C@H](CO)[C@@H](O[C@H]2O[C@H](CO)[C@@H](O)[C@H](O)[C@H]2O)[C@H](O)[C@H]1O)[C@H](O)CO. The van der Waals surface area contributed by atoms with Crippen LogP contribution in [-0.2, 0) is 23.7 Å². The smallest absolute Gasteiger partial charge is 0.187 e. The highest BCUT2D eigenvalue weighted by atomic mass is 16.7. The first-order valence-electron chi connectivity index (χ1n) is 10.5. The lowest BCUT2D eigenvalue weighted by Gasteiger charge is -2.46. The number of aliphatic hydroxyl groups excluding tert-OH is 11. The number of rotatable bonds is 11. The third-order valence-electron chi connectivity index (χ3n) is 5.72. The first-order valence-corrected chi connectivity index (χ1v) is 10.5. The van der Waals surface area contributed by atoms with E-state index < -0.39 is 112 Å². The van der Waals surface area contributed by atoms with Gasteiger partial charge in [0.25, 0.3) is 0 Å². The fraction of sp³-hybridized carbons (Fsp3) is 0.944. The predicted octanol–water partition coefficient (Wildman–Crippen LogP) is -9.18. The quantitative estimate of drug-likeness (QED) is 0.121. The first-order chi connectivity index (χ1) is 16.4. The maximum Gasteiger partial charge on any atom is 0.187 e. The van der Waals surface area contributed by atoms with E-state index in [1.54, 1.807) is 0 Å². The lowest BCUT2D eigenvalue weighted by Crippen LogP contribution is -2.65. The van der Waals surface area contributed by atoms with Crippen molar-refractivity contribution in [3.05, 3.63) is 0 Å². The average molecular weight is 519 g/mol. The van der Waals surface area contributed by atoms with Crippen molar-refractivity contribution in [3.8, 4) is 0 Å². The Morgan fingerprint density at radius 3 is 1.86 bits per heavy atom. The number of carbonyl (C=O) groups is 1. The van der Waals surface area contributed by atoms with Crippen LogP contribution >= 0.6 is 0 Å². The summed E-state index contributed by atoms with van der Waals surface area (Å²) in [5.41, 5.74) is 0. The molecule has 0 aromatic heterocycles. The van der Waals surface area contributed by atoms with E-state index in [1.807, 2.05) is 0 Å². The third kappa shape index (κ3) is 6.60. The summed E-state index contributed by atoms with van der Waals surface area (Å²) in [6.07, 6.45) is -27.0. The maximum absolute atomic E-state index is 10.8. The summed E-state index contributed by atoms with van der Waals surface area (Å²) in [6.45, 7) is -2.81. The molecule has 0 aliphatic carbocycles. The normalized spacial score (nSPS) is 41.7. The zero-order chi connectivity index (χ0) is 26.6. The Morgan fingerprint density at radius 2 is 1.34 bits per heavy atom. The van der Waals surface area contributed by atoms with E-state index in [9.17, 15) is 61.0 Å². The van der Waals surface area contributed by atoms with Gasteiger partial charge in [-0.25, -0.2) is 0 Å². The minimum absolute atomic E-state index is 0.787. The molecule has 2 fully saturated rings. The highest BCUT2D eigenvalue weighted by Crippen LogP contribution is 2.30. The fourth-order valence-corrected chi connectivity index (χ4v) is 3.64. The van der Waals surface area contributed by atoms with Crippen LogP contribution in [0.2, 0.25) is 0 Å². The minimum atomic E-state index is -2.59. The van der Waals surface area contributed by atoms with Crippen LogP contribution in [-0.4, -0.2) is 168 Å². The van der Waals surface area contributed by atoms with Crippen molar-refractivity contribution in [3.63, 3.8) is 0 Å². The number of aliphatic carboxylic acids is 1. The molecule has 2 saturated heterocycles. The third-order valence-corrected chi connectivity index (χ3v) is 5.72. The second-order valence-corrected chi connectivity index (χ2v) is 8.11. The van der Waals surface area contributed by atoms with Crippen molar-refractivity contribution in [2.45, 2.75) is 85.8 Å². The van der Waals surface area contributed by atoms with Crippen LogP contribution in [0.1, 0.15) is 0 Å². The predicted molar refractivity (Wildman–Crippen MR) is 101 cm³/mol. The molecule has 17 heteroatoms. The van der Waals surface area contributed by atoms with Gasteiger partial charge in [-0.3, -0.25) is 0 Å². The van der Waals surface area contributed by atoms with Crippen LogP contribution in [0.4, 0.5) is 0 Å². The van der Waals surface area contributed by atoms with Gasteiger partial charge in [-0.15, -0.1) is 0 Å². The van der Waals surface area contributed by atoms with Crippen LogP contribution in [0.15, 0.2) is 0 Å². The van der Waals surface area contributed by atoms with Gasteiger partial charge in [0.05, 0.1) is 25.8 Å². The van der Waals surface area contributed by atoms with E-state index in [-0.39, 0.29) is 0 Å². The summed E-state index contributed by atoms with van der Waals surface area (Å²) in [7, 11) is 0. The molecule has 0 spiro atoms. The molecule has 2 aliphatic rings. The van der Waals surface area contributed by atoms with E-state index in [4.69, 9.17) is 24.1 Å². The standard InChI is InChI=1S/C18H32O17/c19-1-4(22)14(9(25)11(27)16(30)31)34-18-13(29)10(26)15(6(3-21)33-18)35-17-12(28)8(24)7(23)5(2-20)32-17/h4-15,17-29H,1-3H2,(H,30,31)/p-1/t4-,5-,6-,7-,8+,9-,10-,11-,12-,13-,14-,15-,17-,18-/m1/s1. The molecule has 17 nitrogen and oxygen atoms in total. The summed E-state index contributed by atoms with van der Waals surface area (Å²) >= 11 is 0. The number of carboxylic acids is 1. The molecule has 206 valence electrons. The molecular weight excluding hydrogens is 488 g/mol. The molecule has 2 rings (SSSR count). The van der Waals surface area contributed by atoms with Gasteiger partial charge in [0.2, 0.25) is 0 Å². The minimum Gasteiger partial charge on any atom is -0.547 e. The van der Waals surface area contributed by atoms with Crippen LogP contribution in [0.5, 0.6) is 0 Å². The number of aliphatic hydroxyl groups is 11. The Balaban J connectivity index is 2.19. The molecule has 11 N–H and O–H groups in total. The monoisotopic (exact) mass is 519 g/mol. The second-order valence-electron chi connectivity index (χ2n) is 8.11. The van der Waals surface area contributed by atoms with Crippen molar-refractivity contribution in [1.82, 2.24) is 0 Å². The van der Waals surface area contributed by atoms with Crippen LogP contribution in [0, 0.1) is 0 Å². The Morgan fingerprint density at radius 1 is 0.800 bits per heavy atom. The van der Waals surface area contributed by atoms with E-state index in [0.29, 0.717) is 0 Å².